The van der Waals surface area contributed by atoms with Gasteiger partial charge in [0.15, 0.2) is 0 Å². The van der Waals surface area contributed by atoms with Crippen molar-refractivity contribution in [3.05, 3.63) is 0 Å². The number of nitrogens with two attached hydrogens (primary N) is 1. The molecule has 1 aliphatic rings. The fraction of sp³-hybridized carbons (Fsp3) is 0.857. The van der Waals surface area contributed by atoms with Gasteiger partial charge in [-0.15, -0.1) is 0 Å². The van der Waals surface area contributed by atoms with Gasteiger partial charge in [0.05, 0.1) is 12.5 Å². The molecule has 0 bridgehead atoms. The highest BCUT2D eigenvalue weighted by atomic mass is 16.5. The first-order valence-electron chi connectivity index (χ1n) is 3.68. The summed E-state index contributed by atoms with van der Waals surface area (Å²) < 4.78 is 5.17. The Bertz CT molecular complexity index is 117. The van der Waals surface area contributed by atoms with Crippen LogP contribution < -0.4 is 5.73 Å². The summed E-state index contributed by atoms with van der Waals surface area (Å²) in [5.74, 6) is -0.260. The summed E-state index contributed by atoms with van der Waals surface area (Å²) >= 11 is 0. The zero-order chi connectivity index (χ0) is 7.40. The third-order valence-electron chi connectivity index (χ3n) is 1.81. The summed E-state index contributed by atoms with van der Waals surface area (Å²) in [6.07, 6.45) is 3.02. The number of hydrogen-bond acceptors (Lipinski definition) is 2. The average molecular weight is 143 g/mol. The Morgan fingerprint density at radius 2 is 2.30 bits per heavy atom. The normalized spacial score (nSPS) is 27.4. The van der Waals surface area contributed by atoms with Crippen molar-refractivity contribution in [2.75, 3.05) is 13.2 Å². The Morgan fingerprint density at radius 1 is 1.50 bits per heavy atom. The lowest BCUT2D eigenvalue weighted by atomic mass is 10.0. The largest absolute Gasteiger partial charge is 0.381 e. The van der Waals surface area contributed by atoms with Crippen LogP contribution in [0.15, 0.2) is 0 Å². The van der Waals surface area contributed by atoms with Crippen molar-refractivity contribution in [2.24, 2.45) is 11.7 Å². The monoisotopic (exact) mass is 143 g/mol. The molecule has 1 saturated heterocycles. The van der Waals surface area contributed by atoms with E-state index in [0.29, 0.717) is 6.61 Å². The van der Waals surface area contributed by atoms with E-state index in [1.54, 1.807) is 0 Å². The Morgan fingerprint density at radius 3 is 3.00 bits per heavy atom. The van der Waals surface area contributed by atoms with Crippen LogP contribution in [0.25, 0.3) is 0 Å². The van der Waals surface area contributed by atoms with Crippen molar-refractivity contribution in [2.45, 2.75) is 19.3 Å². The van der Waals surface area contributed by atoms with Gasteiger partial charge in [0.2, 0.25) is 5.91 Å². The topological polar surface area (TPSA) is 52.3 Å². The summed E-state index contributed by atoms with van der Waals surface area (Å²) in [6.45, 7) is 1.30. The number of ether oxygens (including phenoxy) is 1. The van der Waals surface area contributed by atoms with Crippen molar-refractivity contribution in [3.63, 3.8) is 0 Å². The Balaban J connectivity index is 2.35. The van der Waals surface area contributed by atoms with Crippen molar-refractivity contribution in [1.82, 2.24) is 0 Å². The van der Waals surface area contributed by atoms with Crippen LogP contribution in [0.2, 0.25) is 0 Å². The van der Waals surface area contributed by atoms with E-state index >= 15 is 0 Å². The summed E-state index contributed by atoms with van der Waals surface area (Å²) in [5.41, 5.74) is 5.12. The molecule has 1 heterocycles. The van der Waals surface area contributed by atoms with Gasteiger partial charge in [-0.25, -0.2) is 0 Å². The van der Waals surface area contributed by atoms with E-state index in [9.17, 15) is 4.79 Å². The van der Waals surface area contributed by atoms with E-state index in [0.717, 1.165) is 25.9 Å². The van der Waals surface area contributed by atoms with Crippen LogP contribution in [-0.2, 0) is 9.53 Å². The molecular formula is C7H13NO2. The van der Waals surface area contributed by atoms with E-state index in [1.165, 1.54) is 0 Å². The SMILES string of the molecule is NC(=O)C1CCCCOC1. The molecule has 2 N–H and O–H groups in total. The molecule has 1 atom stereocenters. The molecule has 3 heteroatoms. The van der Waals surface area contributed by atoms with Gasteiger partial charge in [0.1, 0.15) is 0 Å². The molecular weight excluding hydrogens is 130 g/mol. The Kier molecular flexibility index (Phi) is 2.68. The van der Waals surface area contributed by atoms with Crippen LogP contribution in [0.3, 0.4) is 0 Å². The molecule has 58 valence electrons. The quantitative estimate of drug-likeness (QED) is 0.573. The lowest BCUT2D eigenvalue weighted by Crippen LogP contribution is -2.26. The molecule has 0 aromatic carbocycles. The van der Waals surface area contributed by atoms with Crippen molar-refractivity contribution in [1.29, 1.82) is 0 Å². The molecule has 1 aliphatic heterocycles. The molecule has 10 heavy (non-hydrogen) atoms. The van der Waals surface area contributed by atoms with E-state index in [4.69, 9.17) is 10.5 Å². The summed E-state index contributed by atoms with van der Waals surface area (Å²) in [4.78, 5) is 10.6. The molecule has 0 radical (unpaired) electrons. The van der Waals surface area contributed by atoms with Gasteiger partial charge in [0, 0.05) is 6.61 Å². The van der Waals surface area contributed by atoms with Gasteiger partial charge in [-0.1, -0.05) is 6.42 Å². The minimum absolute atomic E-state index is 0.0394. The van der Waals surface area contributed by atoms with Crippen LogP contribution in [0.5, 0.6) is 0 Å². The van der Waals surface area contributed by atoms with Crippen LogP contribution in [0.4, 0.5) is 0 Å². The fourth-order valence-corrected chi connectivity index (χ4v) is 1.13. The van der Waals surface area contributed by atoms with Crippen molar-refractivity contribution in [3.8, 4) is 0 Å². The predicted octanol–water partition coefficient (Wildman–Crippen LogP) is 0.288. The van der Waals surface area contributed by atoms with Gasteiger partial charge in [-0.2, -0.15) is 0 Å². The number of amides is 1. The molecule has 0 aromatic heterocycles. The number of carbonyl (C=O) groups excluding carboxylic acids is 1. The molecule has 1 amide bonds. The molecule has 1 unspecified atom stereocenters. The molecule has 3 nitrogen and oxygen atoms in total. The predicted molar refractivity (Wildman–Crippen MR) is 37.4 cm³/mol. The Labute approximate surface area is 60.5 Å². The summed E-state index contributed by atoms with van der Waals surface area (Å²) in [7, 11) is 0. The average Bonchev–Trinajstić information content (AvgIpc) is 2.12. The first kappa shape index (κ1) is 7.54. The second-order valence-corrected chi connectivity index (χ2v) is 2.67. The zero-order valence-corrected chi connectivity index (χ0v) is 6.01. The second kappa shape index (κ2) is 3.56. The maximum absolute atomic E-state index is 10.6. The smallest absolute Gasteiger partial charge is 0.222 e. The second-order valence-electron chi connectivity index (χ2n) is 2.67. The first-order chi connectivity index (χ1) is 4.80. The van der Waals surface area contributed by atoms with E-state index in [1.807, 2.05) is 0 Å². The van der Waals surface area contributed by atoms with Gasteiger partial charge in [-0.05, 0) is 12.8 Å². The van der Waals surface area contributed by atoms with Crippen LogP contribution in [0, 0.1) is 5.92 Å². The first-order valence-corrected chi connectivity index (χ1v) is 3.68. The molecule has 0 saturated carbocycles. The third kappa shape index (κ3) is 1.99. The summed E-state index contributed by atoms with van der Waals surface area (Å²) in [6, 6.07) is 0. The molecule has 0 aromatic rings. The lowest BCUT2D eigenvalue weighted by Gasteiger charge is -2.07. The molecule has 1 rings (SSSR count). The van der Waals surface area contributed by atoms with Crippen molar-refractivity contribution >= 4 is 5.91 Å². The molecule has 1 fully saturated rings. The summed E-state index contributed by atoms with van der Waals surface area (Å²) in [5, 5.41) is 0. The fourth-order valence-electron chi connectivity index (χ4n) is 1.13. The highest BCUT2D eigenvalue weighted by molar-refractivity contribution is 5.76. The van der Waals surface area contributed by atoms with Crippen LogP contribution in [-0.4, -0.2) is 19.1 Å². The van der Waals surface area contributed by atoms with E-state index < -0.39 is 0 Å². The van der Waals surface area contributed by atoms with Gasteiger partial charge < -0.3 is 10.5 Å². The number of hydrogen-bond donors (Lipinski definition) is 1. The maximum Gasteiger partial charge on any atom is 0.222 e. The number of primary amides is 1. The van der Waals surface area contributed by atoms with Gasteiger partial charge in [0.25, 0.3) is 0 Å². The van der Waals surface area contributed by atoms with E-state index in [-0.39, 0.29) is 11.8 Å². The third-order valence-corrected chi connectivity index (χ3v) is 1.81. The van der Waals surface area contributed by atoms with Crippen LogP contribution >= 0.6 is 0 Å². The number of carbonyl (C=O) groups is 1. The zero-order valence-electron chi connectivity index (χ0n) is 6.01. The van der Waals surface area contributed by atoms with E-state index in [2.05, 4.69) is 0 Å². The minimum atomic E-state index is -0.220. The number of rotatable bonds is 1. The van der Waals surface area contributed by atoms with Crippen LogP contribution in [0.1, 0.15) is 19.3 Å². The highest BCUT2D eigenvalue weighted by Gasteiger charge is 2.16. The molecule has 0 spiro atoms. The molecule has 0 aliphatic carbocycles. The highest BCUT2D eigenvalue weighted by Crippen LogP contribution is 2.12. The Hall–Kier alpha value is -0.570. The standard InChI is InChI=1S/C7H13NO2/c8-7(9)6-3-1-2-4-10-5-6/h6H,1-5H2,(H2,8,9). The van der Waals surface area contributed by atoms with Crippen molar-refractivity contribution < 1.29 is 9.53 Å². The lowest BCUT2D eigenvalue weighted by molar-refractivity contribution is -0.123. The van der Waals surface area contributed by atoms with Gasteiger partial charge >= 0.3 is 0 Å². The van der Waals surface area contributed by atoms with Gasteiger partial charge in [-0.3, -0.25) is 4.79 Å². The minimum Gasteiger partial charge on any atom is -0.381 e. The maximum atomic E-state index is 10.6.